The van der Waals surface area contributed by atoms with Crippen molar-refractivity contribution < 1.29 is 10.2 Å². The maximum atomic E-state index is 10.1. The maximum absolute atomic E-state index is 10.1. The lowest BCUT2D eigenvalue weighted by Crippen LogP contribution is -2.28. The van der Waals surface area contributed by atoms with Crippen LogP contribution in [0.3, 0.4) is 0 Å². The second kappa shape index (κ2) is 5.81. The van der Waals surface area contributed by atoms with E-state index in [1.54, 1.807) is 6.92 Å². The Labute approximate surface area is 123 Å². The molecule has 2 N–H and O–H groups in total. The minimum atomic E-state index is -0.536. The number of anilines is 1. The molecule has 1 unspecified atom stereocenters. The molecule has 2 atom stereocenters. The highest BCUT2D eigenvalue weighted by Gasteiger charge is 2.25. The van der Waals surface area contributed by atoms with Crippen molar-refractivity contribution in [3.8, 4) is 0 Å². The van der Waals surface area contributed by atoms with Gasteiger partial charge in [0.25, 0.3) is 0 Å². The molecule has 1 aromatic rings. The first-order chi connectivity index (χ1) is 8.89. The molecule has 0 radical (unpaired) electrons. The summed E-state index contributed by atoms with van der Waals surface area (Å²) in [6, 6.07) is 6.07. The van der Waals surface area contributed by atoms with Crippen molar-refractivity contribution in [1.29, 1.82) is 0 Å². The third-order valence-electron chi connectivity index (χ3n) is 3.86. The van der Waals surface area contributed by atoms with E-state index in [0.717, 1.165) is 48.1 Å². The van der Waals surface area contributed by atoms with Crippen molar-refractivity contribution in [2.75, 3.05) is 18.0 Å². The Morgan fingerprint density at radius 2 is 2.05 bits per heavy atom. The van der Waals surface area contributed by atoms with E-state index >= 15 is 0 Å². The summed E-state index contributed by atoms with van der Waals surface area (Å²) < 4.78 is 0.941. The summed E-state index contributed by atoms with van der Waals surface area (Å²) in [5.74, 6) is 0. The Balaban J connectivity index is 2.16. The van der Waals surface area contributed by atoms with Crippen LogP contribution >= 0.6 is 15.9 Å². The predicted molar refractivity (Wildman–Crippen MR) is 81.5 cm³/mol. The quantitative estimate of drug-likeness (QED) is 0.876. The number of hydrogen-bond acceptors (Lipinski definition) is 3. The standard InChI is InChI=1S/C15H22BrNO2/c1-11(18)13-5-4-12(10-14(13)16)17-8-3-6-15(2,19)7-9-17/h4-5,10-11,18-19H,3,6-9H2,1-2H3/t11-,15?/m1/s1. The molecule has 2 rings (SSSR count). The molecular weight excluding hydrogens is 306 g/mol. The molecule has 0 saturated carbocycles. The summed E-state index contributed by atoms with van der Waals surface area (Å²) in [4.78, 5) is 2.30. The van der Waals surface area contributed by atoms with E-state index in [1.807, 2.05) is 19.1 Å². The third kappa shape index (κ3) is 3.71. The highest BCUT2D eigenvalue weighted by molar-refractivity contribution is 9.10. The van der Waals surface area contributed by atoms with E-state index in [2.05, 4.69) is 26.9 Å². The smallest absolute Gasteiger partial charge is 0.0772 e. The number of nitrogens with zero attached hydrogens (tertiary/aromatic N) is 1. The maximum Gasteiger partial charge on any atom is 0.0772 e. The van der Waals surface area contributed by atoms with Crippen LogP contribution in [0.5, 0.6) is 0 Å². The zero-order valence-electron chi connectivity index (χ0n) is 11.6. The summed E-state index contributed by atoms with van der Waals surface area (Å²) in [7, 11) is 0. The number of aliphatic hydroxyl groups is 2. The summed E-state index contributed by atoms with van der Waals surface area (Å²) in [6.45, 7) is 5.52. The van der Waals surface area contributed by atoms with Crippen molar-refractivity contribution in [2.45, 2.75) is 44.8 Å². The Hall–Kier alpha value is -0.580. The highest BCUT2D eigenvalue weighted by Crippen LogP contribution is 2.30. The number of hydrogen-bond donors (Lipinski definition) is 2. The SMILES string of the molecule is C[C@@H](O)c1ccc(N2CCCC(C)(O)CC2)cc1Br. The average Bonchev–Trinajstić information content (AvgIpc) is 2.49. The molecule has 1 saturated heterocycles. The minimum absolute atomic E-state index is 0.465. The molecule has 0 aromatic heterocycles. The van der Waals surface area contributed by atoms with Crippen molar-refractivity contribution >= 4 is 21.6 Å². The molecule has 1 fully saturated rings. The lowest BCUT2D eigenvalue weighted by Gasteiger charge is -2.25. The van der Waals surface area contributed by atoms with Crippen LogP contribution in [0.2, 0.25) is 0 Å². The van der Waals surface area contributed by atoms with Crippen molar-refractivity contribution in [2.24, 2.45) is 0 Å². The molecule has 1 aliphatic heterocycles. The molecule has 1 aromatic carbocycles. The van der Waals surface area contributed by atoms with Gasteiger partial charge in [0.05, 0.1) is 11.7 Å². The van der Waals surface area contributed by atoms with Gasteiger partial charge in [-0.15, -0.1) is 0 Å². The van der Waals surface area contributed by atoms with E-state index in [9.17, 15) is 10.2 Å². The number of rotatable bonds is 2. The molecule has 4 heteroatoms. The molecular formula is C15H22BrNO2. The summed E-state index contributed by atoms with van der Waals surface area (Å²) in [6.07, 6.45) is 2.19. The Morgan fingerprint density at radius 1 is 1.32 bits per heavy atom. The van der Waals surface area contributed by atoms with Gasteiger partial charge >= 0.3 is 0 Å². The van der Waals surface area contributed by atoms with E-state index in [0.29, 0.717) is 0 Å². The molecule has 0 amide bonds. The van der Waals surface area contributed by atoms with Crippen molar-refractivity contribution in [1.82, 2.24) is 0 Å². The molecule has 0 bridgehead atoms. The number of aliphatic hydroxyl groups excluding tert-OH is 1. The molecule has 0 spiro atoms. The van der Waals surface area contributed by atoms with Crippen LogP contribution in [0.1, 0.15) is 44.8 Å². The zero-order chi connectivity index (χ0) is 14.0. The summed E-state index contributed by atoms with van der Waals surface area (Å²) in [5.41, 5.74) is 1.52. The van der Waals surface area contributed by atoms with E-state index in [4.69, 9.17) is 0 Å². The van der Waals surface area contributed by atoms with Gasteiger partial charge in [0.2, 0.25) is 0 Å². The van der Waals surface area contributed by atoms with Crippen LogP contribution in [-0.2, 0) is 0 Å². The fourth-order valence-electron chi connectivity index (χ4n) is 2.57. The fourth-order valence-corrected chi connectivity index (χ4v) is 3.27. The van der Waals surface area contributed by atoms with Crippen molar-refractivity contribution in [3.05, 3.63) is 28.2 Å². The van der Waals surface area contributed by atoms with Gasteiger partial charge in [-0.2, -0.15) is 0 Å². The van der Waals surface area contributed by atoms with Gasteiger partial charge in [-0.3, -0.25) is 0 Å². The molecule has 1 aliphatic rings. The summed E-state index contributed by atoms with van der Waals surface area (Å²) in [5, 5.41) is 19.8. The minimum Gasteiger partial charge on any atom is -0.390 e. The van der Waals surface area contributed by atoms with E-state index < -0.39 is 11.7 Å². The van der Waals surface area contributed by atoms with E-state index in [1.165, 1.54) is 0 Å². The van der Waals surface area contributed by atoms with Crippen LogP contribution in [0.25, 0.3) is 0 Å². The van der Waals surface area contributed by atoms with Gasteiger partial charge < -0.3 is 15.1 Å². The summed E-state index contributed by atoms with van der Waals surface area (Å²) >= 11 is 3.52. The monoisotopic (exact) mass is 327 g/mol. The fraction of sp³-hybridized carbons (Fsp3) is 0.600. The van der Waals surface area contributed by atoms with Gasteiger partial charge in [-0.05, 0) is 50.8 Å². The lowest BCUT2D eigenvalue weighted by molar-refractivity contribution is 0.0481. The van der Waals surface area contributed by atoms with Crippen LogP contribution in [-0.4, -0.2) is 28.9 Å². The first-order valence-electron chi connectivity index (χ1n) is 6.84. The topological polar surface area (TPSA) is 43.7 Å². The van der Waals surface area contributed by atoms with Gasteiger partial charge in [0, 0.05) is 23.2 Å². The Kier molecular flexibility index (Phi) is 4.54. The Morgan fingerprint density at radius 3 is 2.68 bits per heavy atom. The first kappa shape index (κ1) is 14.8. The lowest BCUT2D eigenvalue weighted by atomic mass is 9.98. The second-order valence-electron chi connectivity index (χ2n) is 5.72. The molecule has 3 nitrogen and oxygen atoms in total. The molecule has 19 heavy (non-hydrogen) atoms. The highest BCUT2D eigenvalue weighted by atomic mass is 79.9. The van der Waals surface area contributed by atoms with E-state index in [-0.39, 0.29) is 0 Å². The zero-order valence-corrected chi connectivity index (χ0v) is 13.2. The number of benzene rings is 1. The van der Waals surface area contributed by atoms with Crippen LogP contribution in [0, 0.1) is 0 Å². The molecule has 1 heterocycles. The number of halogens is 1. The van der Waals surface area contributed by atoms with Gasteiger partial charge in [0.1, 0.15) is 0 Å². The second-order valence-corrected chi connectivity index (χ2v) is 6.57. The molecule has 0 aliphatic carbocycles. The van der Waals surface area contributed by atoms with Gasteiger partial charge in [0.15, 0.2) is 0 Å². The van der Waals surface area contributed by atoms with Crippen LogP contribution in [0.4, 0.5) is 5.69 Å². The van der Waals surface area contributed by atoms with Crippen LogP contribution in [0.15, 0.2) is 22.7 Å². The third-order valence-corrected chi connectivity index (χ3v) is 4.55. The van der Waals surface area contributed by atoms with Crippen molar-refractivity contribution in [3.63, 3.8) is 0 Å². The first-order valence-corrected chi connectivity index (χ1v) is 7.63. The van der Waals surface area contributed by atoms with Gasteiger partial charge in [-0.1, -0.05) is 22.0 Å². The predicted octanol–water partition coefficient (Wildman–Crippen LogP) is 3.24. The van der Waals surface area contributed by atoms with Crippen LogP contribution < -0.4 is 4.90 Å². The average molecular weight is 328 g/mol. The normalized spacial score (nSPS) is 26.1. The molecule has 106 valence electrons. The Bertz CT molecular complexity index is 446. The largest absolute Gasteiger partial charge is 0.390 e. The van der Waals surface area contributed by atoms with Gasteiger partial charge in [-0.25, -0.2) is 0 Å².